The Kier molecular flexibility index (Phi) is 7.82. The summed E-state index contributed by atoms with van der Waals surface area (Å²) in [5.41, 5.74) is 17.6. The van der Waals surface area contributed by atoms with Crippen molar-refractivity contribution in [3.8, 4) is 28.4 Å². The van der Waals surface area contributed by atoms with Crippen molar-refractivity contribution < 1.29 is 0 Å². The molecule has 0 amide bonds. The first-order valence-electron chi connectivity index (χ1n) is 24.4. The second kappa shape index (κ2) is 14.5. The van der Waals surface area contributed by atoms with Crippen molar-refractivity contribution >= 4 is 109 Å². The van der Waals surface area contributed by atoms with E-state index in [1.807, 2.05) is 0 Å². The largest absolute Gasteiger partial charge is 0.309 e. The summed E-state index contributed by atoms with van der Waals surface area (Å²) in [6, 6.07) is 91.4. The fourth-order valence-corrected chi connectivity index (χ4v) is 12.4. The quantitative estimate of drug-likeness (QED) is 0.164. The van der Waals surface area contributed by atoms with E-state index in [1.165, 1.54) is 98.0 Å². The summed E-state index contributed by atoms with van der Waals surface area (Å²) in [5.74, 6) is 0. The van der Waals surface area contributed by atoms with Crippen LogP contribution in [0.25, 0.3) is 137 Å². The maximum atomic E-state index is 2.52. The van der Waals surface area contributed by atoms with E-state index in [-0.39, 0.29) is 0 Å². The first-order chi connectivity index (χ1) is 35.3. The third kappa shape index (κ3) is 5.24. The summed E-state index contributed by atoms with van der Waals surface area (Å²) in [5, 5.41) is 12.3. The molecule has 0 N–H and O–H groups in total. The number of hydrogen-bond donors (Lipinski definition) is 0. The minimum absolute atomic E-state index is 1.12. The smallest absolute Gasteiger partial charge is 0.0641 e. The number of para-hydroxylation sites is 7. The second-order valence-electron chi connectivity index (χ2n) is 18.9. The first-order valence-corrected chi connectivity index (χ1v) is 24.4. The van der Waals surface area contributed by atoms with Gasteiger partial charge in [-0.3, -0.25) is 0 Å². The third-order valence-corrected chi connectivity index (χ3v) is 15.2. The molecule has 5 aromatic heterocycles. The summed E-state index contributed by atoms with van der Waals surface area (Å²) in [4.78, 5) is 0. The molecule has 0 aliphatic carbocycles. The Bertz CT molecular complexity index is 4850. The summed E-state index contributed by atoms with van der Waals surface area (Å²) >= 11 is 0. The Labute approximate surface area is 407 Å². The average Bonchev–Trinajstić information content (AvgIpc) is 4.23. The van der Waals surface area contributed by atoms with Crippen molar-refractivity contribution in [3.63, 3.8) is 0 Å². The SMILES string of the molecule is c1ccc(-n2c3ccc(-n4c5ccccc5c5c4ccc4c6ccccc6n(-c6ccccc6)c45)cc3c3cc(-n4c5ccccc5c5ccc6c(c7ccccc7n6-c6ccccc6)c54)ccc32)cc1. The highest BCUT2D eigenvalue weighted by molar-refractivity contribution is 6.28. The number of nitrogens with zero attached hydrogens (tertiary/aromatic N) is 5. The molecule has 5 heterocycles. The van der Waals surface area contributed by atoms with Crippen LogP contribution in [0.15, 0.2) is 249 Å². The predicted molar refractivity (Wildman–Crippen MR) is 298 cm³/mol. The molecule has 0 bridgehead atoms. The molecule has 0 fully saturated rings. The number of rotatable bonds is 5. The summed E-state index contributed by atoms with van der Waals surface area (Å²) < 4.78 is 12.3. The van der Waals surface area contributed by atoms with Crippen molar-refractivity contribution in [2.45, 2.75) is 0 Å². The Morgan fingerprint density at radius 2 is 0.465 bits per heavy atom. The van der Waals surface area contributed by atoms with Crippen LogP contribution >= 0.6 is 0 Å². The van der Waals surface area contributed by atoms with Gasteiger partial charge in [0.05, 0.1) is 55.2 Å². The van der Waals surface area contributed by atoms with Gasteiger partial charge in [-0.2, -0.15) is 0 Å². The first kappa shape index (κ1) is 38.4. The molecule has 0 radical (unpaired) electrons. The molecule has 0 aliphatic rings. The van der Waals surface area contributed by atoms with Crippen LogP contribution in [-0.4, -0.2) is 22.8 Å². The zero-order valence-electron chi connectivity index (χ0n) is 38.4. The van der Waals surface area contributed by atoms with E-state index >= 15 is 0 Å². The van der Waals surface area contributed by atoms with E-state index < -0.39 is 0 Å². The summed E-state index contributed by atoms with van der Waals surface area (Å²) in [6.45, 7) is 0. The molecule has 0 spiro atoms. The molecular formula is C66H41N5. The maximum Gasteiger partial charge on any atom is 0.0641 e. The second-order valence-corrected chi connectivity index (χ2v) is 18.9. The van der Waals surface area contributed by atoms with E-state index in [9.17, 15) is 0 Å². The van der Waals surface area contributed by atoms with Gasteiger partial charge in [-0.05, 0) is 109 Å². The monoisotopic (exact) mass is 903 g/mol. The lowest BCUT2D eigenvalue weighted by Crippen LogP contribution is -1.96. The van der Waals surface area contributed by atoms with E-state index in [4.69, 9.17) is 0 Å². The normalized spacial score (nSPS) is 12.2. The lowest BCUT2D eigenvalue weighted by molar-refractivity contribution is 1.16. The third-order valence-electron chi connectivity index (χ3n) is 15.2. The van der Waals surface area contributed by atoms with Crippen molar-refractivity contribution in [2.24, 2.45) is 0 Å². The maximum absolute atomic E-state index is 2.52. The highest BCUT2D eigenvalue weighted by atomic mass is 15.0. The van der Waals surface area contributed by atoms with Gasteiger partial charge in [-0.15, -0.1) is 0 Å². The van der Waals surface area contributed by atoms with Crippen LogP contribution in [0.1, 0.15) is 0 Å². The number of hydrogen-bond acceptors (Lipinski definition) is 0. The molecule has 16 aromatic rings. The fraction of sp³-hybridized carbons (Fsp3) is 0. The van der Waals surface area contributed by atoms with Crippen molar-refractivity contribution in [2.75, 3.05) is 0 Å². The molecule has 11 aromatic carbocycles. The van der Waals surface area contributed by atoms with Gasteiger partial charge < -0.3 is 22.8 Å². The molecule has 71 heavy (non-hydrogen) atoms. The minimum Gasteiger partial charge on any atom is -0.309 e. The van der Waals surface area contributed by atoms with Gasteiger partial charge in [-0.25, -0.2) is 0 Å². The van der Waals surface area contributed by atoms with Crippen LogP contribution in [0.2, 0.25) is 0 Å². The van der Waals surface area contributed by atoms with E-state index in [0.717, 1.165) is 39.5 Å². The molecule has 5 nitrogen and oxygen atoms in total. The zero-order chi connectivity index (χ0) is 46.3. The summed E-state index contributed by atoms with van der Waals surface area (Å²) in [6.07, 6.45) is 0. The van der Waals surface area contributed by atoms with Crippen molar-refractivity contribution in [3.05, 3.63) is 249 Å². The highest BCUT2D eigenvalue weighted by Gasteiger charge is 2.24. The van der Waals surface area contributed by atoms with Gasteiger partial charge in [0.25, 0.3) is 0 Å². The Hall–Kier alpha value is -9.58. The Morgan fingerprint density at radius 3 is 0.915 bits per heavy atom. The lowest BCUT2D eigenvalue weighted by atomic mass is 10.1. The van der Waals surface area contributed by atoms with E-state index in [1.54, 1.807) is 0 Å². The summed E-state index contributed by atoms with van der Waals surface area (Å²) in [7, 11) is 0. The van der Waals surface area contributed by atoms with Gasteiger partial charge in [0.1, 0.15) is 0 Å². The van der Waals surface area contributed by atoms with Gasteiger partial charge in [0.2, 0.25) is 0 Å². The van der Waals surface area contributed by atoms with Crippen molar-refractivity contribution in [1.29, 1.82) is 0 Å². The van der Waals surface area contributed by atoms with Crippen LogP contribution in [0.3, 0.4) is 0 Å². The standard InChI is InChI=1S/C66H41N5/c1-4-18-42(19-5-1)67-59-36-32-45(69-58-31-17-13-27-52(58)64-62(69)39-35-49-47-24-10-14-28-55(47)70(65(49)64)44-22-8-3-9-23-44)40-53(59)54-41-46(33-37-60(54)67)71-56-29-15-11-25-48(56)50-34-38-61-63(66(50)71)51-26-12-16-30-57(51)68(61)43-20-6-2-7-21-43/h1-41H. The fourth-order valence-electron chi connectivity index (χ4n) is 12.4. The molecule has 5 heteroatoms. The van der Waals surface area contributed by atoms with Crippen molar-refractivity contribution in [1.82, 2.24) is 22.8 Å². The van der Waals surface area contributed by atoms with Crippen LogP contribution < -0.4 is 0 Å². The number of aromatic nitrogens is 5. The topological polar surface area (TPSA) is 24.6 Å². The predicted octanol–water partition coefficient (Wildman–Crippen LogP) is 17.2. The van der Waals surface area contributed by atoms with Gasteiger partial charge >= 0.3 is 0 Å². The molecule has 16 rings (SSSR count). The van der Waals surface area contributed by atoms with Crippen LogP contribution in [0, 0.1) is 0 Å². The Morgan fingerprint density at radius 1 is 0.169 bits per heavy atom. The van der Waals surface area contributed by atoms with E-state index in [0.29, 0.717) is 0 Å². The molecule has 0 unspecified atom stereocenters. The average molecular weight is 904 g/mol. The van der Waals surface area contributed by atoms with Crippen LogP contribution in [0.4, 0.5) is 0 Å². The van der Waals surface area contributed by atoms with Gasteiger partial charge in [-0.1, -0.05) is 140 Å². The molecular weight excluding hydrogens is 863 g/mol. The zero-order valence-corrected chi connectivity index (χ0v) is 38.4. The Balaban J connectivity index is 0.998. The van der Waals surface area contributed by atoms with Crippen LogP contribution in [-0.2, 0) is 0 Å². The number of benzene rings is 11. The highest BCUT2D eigenvalue weighted by Crippen LogP contribution is 2.45. The molecule has 0 atom stereocenters. The number of fused-ring (bicyclic) bond motifs is 17. The van der Waals surface area contributed by atoms with Gasteiger partial charge in [0.15, 0.2) is 0 Å². The van der Waals surface area contributed by atoms with Gasteiger partial charge in [0, 0.05) is 82.3 Å². The molecule has 0 saturated heterocycles. The lowest BCUT2D eigenvalue weighted by Gasteiger charge is -2.11. The molecule has 0 saturated carbocycles. The van der Waals surface area contributed by atoms with E-state index in [2.05, 4.69) is 272 Å². The molecule has 330 valence electrons. The minimum atomic E-state index is 1.12. The molecule has 0 aliphatic heterocycles. The van der Waals surface area contributed by atoms with Crippen LogP contribution in [0.5, 0.6) is 0 Å².